The summed E-state index contributed by atoms with van der Waals surface area (Å²) >= 11 is 0. The van der Waals surface area contributed by atoms with Crippen LogP contribution in [0.1, 0.15) is 22.3 Å². The zero-order valence-corrected chi connectivity index (χ0v) is 13.6. The van der Waals surface area contributed by atoms with Crippen molar-refractivity contribution in [3.8, 4) is 11.5 Å². The number of cyclic esters (lactones) is 1. The lowest BCUT2D eigenvalue weighted by Gasteiger charge is -2.15. The molecule has 0 saturated carbocycles. The van der Waals surface area contributed by atoms with Gasteiger partial charge in [0.25, 0.3) is 0 Å². The van der Waals surface area contributed by atoms with Crippen molar-refractivity contribution in [2.75, 3.05) is 13.4 Å². The summed E-state index contributed by atoms with van der Waals surface area (Å²) in [5, 5.41) is 0. The predicted molar refractivity (Wildman–Crippen MR) is 89.6 cm³/mol. The molecule has 0 unspecified atom stereocenters. The average molecular weight is 338 g/mol. The topological polar surface area (TPSA) is 61.8 Å². The van der Waals surface area contributed by atoms with Crippen LogP contribution in [0.25, 0.3) is 0 Å². The summed E-state index contributed by atoms with van der Waals surface area (Å²) in [6.07, 6.45) is 0.840. The van der Waals surface area contributed by atoms with Crippen LogP contribution < -0.4 is 9.47 Å². The zero-order valence-electron chi connectivity index (χ0n) is 13.6. The van der Waals surface area contributed by atoms with Crippen LogP contribution in [-0.4, -0.2) is 25.2 Å². The number of ketones is 1. The van der Waals surface area contributed by atoms with Crippen LogP contribution in [0.3, 0.4) is 0 Å². The van der Waals surface area contributed by atoms with E-state index in [-0.39, 0.29) is 30.4 Å². The molecular formula is C20H18O5. The van der Waals surface area contributed by atoms with Crippen molar-refractivity contribution in [2.24, 2.45) is 11.8 Å². The molecule has 5 heteroatoms. The van der Waals surface area contributed by atoms with Gasteiger partial charge < -0.3 is 14.2 Å². The molecule has 2 atom stereocenters. The van der Waals surface area contributed by atoms with E-state index in [9.17, 15) is 9.59 Å². The van der Waals surface area contributed by atoms with Crippen molar-refractivity contribution >= 4 is 11.8 Å². The molecule has 4 rings (SSSR count). The van der Waals surface area contributed by atoms with Gasteiger partial charge in [0.1, 0.15) is 0 Å². The third-order valence-corrected chi connectivity index (χ3v) is 4.75. The molecule has 5 nitrogen and oxygen atoms in total. The number of carbonyl (C=O) groups excluding carboxylic acids is 2. The smallest absolute Gasteiger partial charge is 0.309 e. The van der Waals surface area contributed by atoms with Crippen molar-refractivity contribution in [1.82, 2.24) is 0 Å². The van der Waals surface area contributed by atoms with Gasteiger partial charge in [0.15, 0.2) is 17.3 Å². The Hall–Kier alpha value is -2.82. The monoisotopic (exact) mass is 338 g/mol. The van der Waals surface area contributed by atoms with E-state index in [1.54, 1.807) is 12.1 Å². The number of esters is 1. The van der Waals surface area contributed by atoms with Crippen LogP contribution in [0.15, 0.2) is 48.5 Å². The first kappa shape index (κ1) is 15.7. The molecule has 2 aromatic rings. The van der Waals surface area contributed by atoms with Gasteiger partial charge in [-0.05, 0) is 24.1 Å². The molecule has 1 saturated heterocycles. The number of rotatable bonds is 5. The molecule has 2 aliphatic heterocycles. The molecule has 2 heterocycles. The quantitative estimate of drug-likeness (QED) is 0.619. The Kier molecular flexibility index (Phi) is 4.14. The Bertz CT molecular complexity index is 799. The molecular weight excluding hydrogens is 320 g/mol. The first-order chi connectivity index (χ1) is 12.2. The summed E-state index contributed by atoms with van der Waals surface area (Å²) in [7, 11) is 0. The highest BCUT2D eigenvalue weighted by Crippen LogP contribution is 2.35. The Morgan fingerprint density at radius 3 is 2.64 bits per heavy atom. The Balaban J connectivity index is 1.47. The predicted octanol–water partition coefficient (Wildman–Crippen LogP) is 3.02. The number of hydrogen-bond acceptors (Lipinski definition) is 5. The molecule has 1 fully saturated rings. The van der Waals surface area contributed by atoms with E-state index >= 15 is 0 Å². The number of benzene rings is 2. The molecule has 0 amide bonds. The summed E-state index contributed by atoms with van der Waals surface area (Å²) in [6, 6.07) is 14.8. The summed E-state index contributed by atoms with van der Waals surface area (Å²) < 4.78 is 15.9. The molecule has 0 aromatic heterocycles. The number of ether oxygens (including phenoxy) is 3. The van der Waals surface area contributed by atoms with Gasteiger partial charge in [0.05, 0.1) is 12.5 Å². The minimum absolute atomic E-state index is 0.0413. The van der Waals surface area contributed by atoms with Gasteiger partial charge in [0, 0.05) is 17.9 Å². The van der Waals surface area contributed by atoms with E-state index in [2.05, 4.69) is 0 Å². The van der Waals surface area contributed by atoms with Gasteiger partial charge in [-0.15, -0.1) is 0 Å². The Labute approximate surface area is 145 Å². The summed E-state index contributed by atoms with van der Waals surface area (Å²) in [5.74, 6) is 0.802. The van der Waals surface area contributed by atoms with E-state index in [1.807, 2.05) is 36.4 Å². The number of Topliss-reactive ketones (excluding diaryl/α,β-unsaturated/α-hetero) is 1. The average Bonchev–Trinajstić information content (AvgIpc) is 3.23. The maximum Gasteiger partial charge on any atom is 0.309 e. The van der Waals surface area contributed by atoms with Crippen LogP contribution >= 0.6 is 0 Å². The van der Waals surface area contributed by atoms with E-state index in [0.717, 1.165) is 5.56 Å². The summed E-state index contributed by atoms with van der Waals surface area (Å²) in [6.45, 7) is 0.519. The molecule has 0 bridgehead atoms. The first-order valence-corrected chi connectivity index (χ1v) is 8.34. The van der Waals surface area contributed by atoms with Crippen molar-refractivity contribution in [2.45, 2.75) is 12.8 Å². The Morgan fingerprint density at radius 1 is 1.00 bits per heavy atom. The highest BCUT2D eigenvalue weighted by molar-refractivity contribution is 5.96. The standard InChI is InChI=1S/C20H18O5/c21-17(14-4-2-1-3-5-14)10-15-11-23-20(22)16(15)8-13-6-7-18-19(9-13)25-12-24-18/h1-7,9,15-16H,8,10-12H2/t15-,16-/m1/s1. The maximum atomic E-state index is 12.5. The van der Waals surface area contributed by atoms with E-state index in [0.29, 0.717) is 36.5 Å². The second-order valence-corrected chi connectivity index (χ2v) is 6.38. The molecule has 0 spiro atoms. The number of carbonyl (C=O) groups is 2. The fourth-order valence-corrected chi connectivity index (χ4v) is 3.36. The van der Waals surface area contributed by atoms with Crippen molar-refractivity contribution in [3.63, 3.8) is 0 Å². The fraction of sp³-hybridized carbons (Fsp3) is 0.300. The van der Waals surface area contributed by atoms with Crippen molar-refractivity contribution in [1.29, 1.82) is 0 Å². The fourth-order valence-electron chi connectivity index (χ4n) is 3.36. The second-order valence-electron chi connectivity index (χ2n) is 6.38. The number of fused-ring (bicyclic) bond motifs is 1. The highest BCUT2D eigenvalue weighted by atomic mass is 16.7. The molecule has 0 radical (unpaired) electrons. The lowest BCUT2D eigenvalue weighted by molar-refractivity contribution is -0.141. The molecule has 25 heavy (non-hydrogen) atoms. The van der Waals surface area contributed by atoms with Gasteiger partial charge in [0.2, 0.25) is 6.79 Å². The van der Waals surface area contributed by atoms with Gasteiger partial charge in [-0.25, -0.2) is 0 Å². The normalized spacial score (nSPS) is 21.2. The third-order valence-electron chi connectivity index (χ3n) is 4.75. The van der Waals surface area contributed by atoms with Gasteiger partial charge in [-0.1, -0.05) is 36.4 Å². The van der Waals surface area contributed by atoms with E-state index in [4.69, 9.17) is 14.2 Å². The zero-order chi connectivity index (χ0) is 17.2. The molecule has 0 N–H and O–H groups in total. The molecule has 128 valence electrons. The lowest BCUT2D eigenvalue weighted by atomic mass is 9.85. The van der Waals surface area contributed by atoms with Gasteiger partial charge in [-0.2, -0.15) is 0 Å². The van der Waals surface area contributed by atoms with Crippen LogP contribution in [0.5, 0.6) is 11.5 Å². The Morgan fingerprint density at radius 2 is 1.80 bits per heavy atom. The summed E-state index contributed by atoms with van der Waals surface area (Å²) in [4.78, 5) is 24.6. The molecule has 2 aliphatic rings. The first-order valence-electron chi connectivity index (χ1n) is 8.34. The van der Waals surface area contributed by atoms with E-state index in [1.165, 1.54) is 0 Å². The SMILES string of the molecule is O=C(C[C@@H]1COC(=O)[C@@H]1Cc1ccc2c(c1)OCO2)c1ccccc1. The van der Waals surface area contributed by atoms with E-state index < -0.39 is 0 Å². The molecule has 2 aromatic carbocycles. The minimum Gasteiger partial charge on any atom is -0.465 e. The number of hydrogen-bond donors (Lipinski definition) is 0. The van der Waals surface area contributed by atoms with Crippen molar-refractivity contribution < 1.29 is 23.8 Å². The minimum atomic E-state index is -0.312. The maximum absolute atomic E-state index is 12.5. The van der Waals surface area contributed by atoms with Crippen LogP contribution in [0.4, 0.5) is 0 Å². The lowest BCUT2D eigenvalue weighted by Crippen LogP contribution is -2.21. The second kappa shape index (κ2) is 6.59. The molecule has 0 aliphatic carbocycles. The van der Waals surface area contributed by atoms with Crippen LogP contribution in [-0.2, 0) is 16.0 Å². The highest BCUT2D eigenvalue weighted by Gasteiger charge is 2.38. The van der Waals surface area contributed by atoms with Crippen molar-refractivity contribution in [3.05, 3.63) is 59.7 Å². The van der Waals surface area contributed by atoms with Crippen LogP contribution in [0.2, 0.25) is 0 Å². The summed E-state index contributed by atoms with van der Waals surface area (Å²) in [5.41, 5.74) is 1.65. The van der Waals surface area contributed by atoms with Gasteiger partial charge in [-0.3, -0.25) is 9.59 Å². The third kappa shape index (κ3) is 3.22. The van der Waals surface area contributed by atoms with Crippen LogP contribution in [0, 0.1) is 11.8 Å². The van der Waals surface area contributed by atoms with Gasteiger partial charge >= 0.3 is 5.97 Å². The largest absolute Gasteiger partial charge is 0.465 e.